The number of benzene rings is 1. The van der Waals surface area contributed by atoms with Crippen molar-refractivity contribution in [2.45, 2.75) is 13.0 Å². The molecule has 1 atom stereocenters. The maximum atomic E-state index is 12.7. The molecule has 0 saturated heterocycles. The molecule has 26 heavy (non-hydrogen) atoms. The molecule has 5 rings (SSSR count). The second-order valence-electron chi connectivity index (χ2n) is 5.97. The highest BCUT2D eigenvalue weighted by Crippen LogP contribution is 2.29. The predicted molar refractivity (Wildman–Crippen MR) is 105 cm³/mol. The van der Waals surface area contributed by atoms with Gasteiger partial charge < -0.3 is 4.74 Å². The van der Waals surface area contributed by atoms with Crippen LogP contribution in [0.5, 0.6) is 5.75 Å². The Morgan fingerprint density at radius 1 is 1.23 bits per heavy atom. The number of ether oxygens (including phenoxy) is 1. The van der Waals surface area contributed by atoms with Crippen molar-refractivity contribution in [1.29, 1.82) is 0 Å². The first-order chi connectivity index (χ1) is 12.7. The van der Waals surface area contributed by atoms with Crippen LogP contribution in [0.15, 0.2) is 52.1 Å². The Morgan fingerprint density at radius 3 is 2.92 bits per heavy atom. The fraction of sp³-hybridized carbons (Fsp3) is 0.105. The molecule has 0 radical (unpaired) electrons. The molecule has 0 spiro atoms. The highest BCUT2D eigenvalue weighted by Gasteiger charge is 2.18. The van der Waals surface area contributed by atoms with Gasteiger partial charge >= 0.3 is 0 Å². The van der Waals surface area contributed by atoms with Crippen LogP contribution in [-0.2, 0) is 0 Å². The van der Waals surface area contributed by atoms with Crippen LogP contribution >= 0.6 is 22.7 Å². The number of rotatable bonds is 2. The van der Waals surface area contributed by atoms with E-state index in [1.165, 1.54) is 15.9 Å². The van der Waals surface area contributed by atoms with Gasteiger partial charge in [-0.15, -0.1) is 16.4 Å². The minimum Gasteiger partial charge on any atom is -0.485 e. The largest absolute Gasteiger partial charge is 0.485 e. The molecule has 7 heteroatoms. The van der Waals surface area contributed by atoms with Gasteiger partial charge in [-0.05, 0) is 42.2 Å². The third-order valence-electron chi connectivity index (χ3n) is 4.24. The zero-order valence-electron chi connectivity index (χ0n) is 13.7. The van der Waals surface area contributed by atoms with E-state index in [0.29, 0.717) is 15.3 Å². The summed E-state index contributed by atoms with van der Waals surface area (Å²) >= 11 is 2.91. The number of nitrogens with zero attached hydrogens (tertiary/aromatic N) is 3. The van der Waals surface area contributed by atoms with E-state index >= 15 is 0 Å². The number of thiophene rings is 1. The first-order valence-corrected chi connectivity index (χ1v) is 9.81. The molecular weight excluding hydrogens is 366 g/mol. The number of aromatic nitrogens is 3. The van der Waals surface area contributed by atoms with Crippen molar-refractivity contribution in [2.24, 2.45) is 0 Å². The minimum atomic E-state index is -0.146. The Hall–Kier alpha value is -2.77. The number of para-hydroxylation sites is 1. The average Bonchev–Trinajstić information content (AvgIpc) is 3.35. The lowest BCUT2D eigenvalue weighted by atomic mass is 10.0. The molecule has 0 bridgehead atoms. The molecule has 0 aliphatic carbocycles. The van der Waals surface area contributed by atoms with Crippen molar-refractivity contribution in [1.82, 2.24) is 14.6 Å². The van der Waals surface area contributed by atoms with Gasteiger partial charge in [0.25, 0.3) is 5.56 Å². The van der Waals surface area contributed by atoms with E-state index in [-0.39, 0.29) is 11.7 Å². The van der Waals surface area contributed by atoms with E-state index in [1.807, 2.05) is 54.8 Å². The zero-order valence-corrected chi connectivity index (χ0v) is 15.4. The summed E-state index contributed by atoms with van der Waals surface area (Å²) in [5.41, 5.74) is 1.83. The fourth-order valence-corrected chi connectivity index (χ4v) is 4.48. The van der Waals surface area contributed by atoms with Crippen LogP contribution in [0.3, 0.4) is 0 Å². The first kappa shape index (κ1) is 15.5. The van der Waals surface area contributed by atoms with Crippen LogP contribution in [0.4, 0.5) is 0 Å². The van der Waals surface area contributed by atoms with E-state index in [4.69, 9.17) is 4.74 Å². The Kier molecular flexibility index (Phi) is 3.51. The first-order valence-electron chi connectivity index (χ1n) is 8.11. The standard InChI is InChI=1S/C19H13N3O2S2/c1-11-13(9-12-5-2-3-6-14(12)24-11)10-16-18(23)22-19(26-16)20-17(21-22)15-7-4-8-25-15/h2-11H,1H3. The van der Waals surface area contributed by atoms with Crippen LogP contribution in [0, 0.1) is 0 Å². The van der Waals surface area contributed by atoms with E-state index in [1.54, 1.807) is 11.3 Å². The fourth-order valence-electron chi connectivity index (χ4n) is 2.92. The lowest BCUT2D eigenvalue weighted by molar-refractivity contribution is 0.259. The second-order valence-corrected chi connectivity index (χ2v) is 7.92. The number of thiazole rings is 1. The Morgan fingerprint density at radius 2 is 2.12 bits per heavy atom. The van der Waals surface area contributed by atoms with Crippen LogP contribution < -0.4 is 14.8 Å². The van der Waals surface area contributed by atoms with Crippen LogP contribution in [-0.4, -0.2) is 20.7 Å². The van der Waals surface area contributed by atoms with Crippen molar-refractivity contribution in [2.75, 3.05) is 0 Å². The number of fused-ring (bicyclic) bond motifs is 2. The van der Waals surface area contributed by atoms with Gasteiger partial charge in [-0.2, -0.15) is 9.50 Å². The van der Waals surface area contributed by atoms with Crippen LogP contribution in [0.2, 0.25) is 0 Å². The van der Waals surface area contributed by atoms with Gasteiger partial charge in [0.2, 0.25) is 4.96 Å². The molecular formula is C19H13N3O2S2. The predicted octanol–water partition coefficient (Wildman–Crippen LogP) is 3.24. The molecule has 0 fully saturated rings. The molecule has 4 heterocycles. The van der Waals surface area contributed by atoms with Crippen molar-refractivity contribution in [3.05, 3.63) is 67.8 Å². The molecule has 0 N–H and O–H groups in total. The van der Waals surface area contributed by atoms with Crippen molar-refractivity contribution < 1.29 is 4.74 Å². The van der Waals surface area contributed by atoms with Gasteiger partial charge in [0.15, 0.2) is 5.82 Å². The van der Waals surface area contributed by atoms with E-state index in [9.17, 15) is 4.79 Å². The molecule has 1 aliphatic heterocycles. The Labute approximate surface area is 156 Å². The summed E-state index contributed by atoms with van der Waals surface area (Å²) in [5.74, 6) is 1.46. The highest BCUT2D eigenvalue weighted by molar-refractivity contribution is 7.15. The second kappa shape index (κ2) is 5.89. The lowest BCUT2D eigenvalue weighted by Crippen LogP contribution is -2.26. The van der Waals surface area contributed by atoms with Crippen molar-refractivity contribution in [3.63, 3.8) is 0 Å². The van der Waals surface area contributed by atoms with Crippen LogP contribution in [0.25, 0.3) is 27.8 Å². The molecule has 0 amide bonds. The van der Waals surface area contributed by atoms with E-state index < -0.39 is 0 Å². The van der Waals surface area contributed by atoms with Gasteiger partial charge in [-0.3, -0.25) is 4.79 Å². The maximum absolute atomic E-state index is 12.7. The zero-order chi connectivity index (χ0) is 17.7. The summed E-state index contributed by atoms with van der Waals surface area (Å²) in [5, 5.41) is 6.34. The molecule has 4 aromatic rings. The number of hydrogen-bond acceptors (Lipinski definition) is 6. The molecule has 5 nitrogen and oxygen atoms in total. The molecule has 1 unspecified atom stereocenters. The summed E-state index contributed by atoms with van der Waals surface area (Å²) in [6.07, 6.45) is 3.83. The van der Waals surface area contributed by atoms with Crippen molar-refractivity contribution in [3.8, 4) is 16.5 Å². The summed E-state index contributed by atoms with van der Waals surface area (Å²) in [7, 11) is 0. The van der Waals surface area contributed by atoms with Gasteiger partial charge in [0, 0.05) is 5.56 Å². The molecule has 3 aromatic heterocycles. The quantitative estimate of drug-likeness (QED) is 0.537. The van der Waals surface area contributed by atoms with E-state index in [0.717, 1.165) is 21.8 Å². The summed E-state index contributed by atoms with van der Waals surface area (Å²) in [4.78, 5) is 18.8. The normalized spacial score (nSPS) is 17.2. The Bertz CT molecular complexity index is 1250. The molecule has 0 saturated carbocycles. The third-order valence-corrected chi connectivity index (χ3v) is 6.06. The SMILES string of the molecule is CC1Oc2ccccc2C=C1C=c1sc2nc(-c3cccs3)nn2c1=O. The van der Waals surface area contributed by atoms with Crippen molar-refractivity contribution >= 4 is 39.8 Å². The van der Waals surface area contributed by atoms with Gasteiger partial charge in [0.1, 0.15) is 11.9 Å². The van der Waals surface area contributed by atoms with Gasteiger partial charge in [-0.25, -0.2) is 0 Å². The third kappa shape index (κ3) is 2.48. The highest BCUT2D eigenvalue weighted by atomic mass is 32.1. The monoisotopic (exact) mass is 379 g/mol. The summed E-state index contributed by atoms with van der Waals surface area (Å²) < 4.78 is 7.94. The van der Waals surface area contributed by atoms with Gasteiger partial charge in [-0.1, -0.05) is 35.6 Å². The molecule has 1 aliphatic rings. The lowest BCUT2D eigenvalue weighted by Gasteiger charge is -2.22. The van der Waals surface area contributed by atoms with Gasteiger partial charge in [0.05, 0.1) is 9.41 Å². The summed E-state index contributed by atoms with van der Waals surface area (Å²) in [6.45, 7) is 1.98. The smallest absolute Gasteiger partial charge is 0.291 e. The maximum Gasteiger partial charge on any atom is 0.291 e. The molecule has 1 aromatic carbocycles. The van der Waals surface area contributed by atoms with Crippen LogP contribution in [0.1, 0.15) is 12.5 Å². The van der Waals surface area contributed by atoms with E-state index in [2.05, 4.69) is 16.2 Å². The average molecular weight is 379 g/mol. The summed E-state index contributed by atoms with van der Waals surface area (Å²) in [6, 6.07) is 11.8. The number of hydrogen-bond donors (Lipinski definition) is 0. The topological polar surface area (TPSA) is 56.5 Å². The Balaban J connectivity index is 1.61. The molecule has 128 valence electrons. The minimum absolute atomic E-state index is 0.117.